The van der Waals surface area contributed by atoms with E-state index in [1.807, 2.05) is 42.5 Å². The number of rotatable bonds is 7. The van der Waals surface area contributed by atoms with E-state index in [4.69, 9.17) is 9.47 Å². The molecule has 2 aromatic carbocycles. The lowest BCUT2D eigenvalue weighted by Gasteiger charge is -2.26. The van der Waals surface area contributed by atoms with Crippen molar-refractivity contribution < 1.29 is 14.3 Å². The molecule has 1 aliphatic rings. The minimum atomic E-state index is -0.508. The number of hydrogen-bond donors (Lipinski definition) is 1. The molecule has 2 aromatic rings. The molecule has 5 nitrogen and oxygen atoms in total. The summed E-state index contributed by atoms with van der Waals surface area (Å²) in [6, 6.07) is 16.3. The van der Waals surface area contributed by atoms with Crippen LogP contribution in [0.3, 0.4) is 0 Å². The van der Waals surface area contributed by atoms with Crippen molar-refractivity contribution in [3.63, 3.8) is 0 Å². The molecule has 26 heavy (non-hydrogen) atoms. The number of ether oxygens (including phenoxy) is 2. The summed E-state index contributed by atoms with van der Waals surface area (Å²) < 4.78 is 11.0. The molecular weight excluding hydrogens is 328 g/mol. The lowest BCUT2D eigenvalue weighted by molar-refractivity contribution is 0.204. The zero-order valence-corrected chi connectivity index (χ0v) is 15.0. The molecule has 1 amide bonds. The van der Waals surface area contributed by atoms with E-state index in [0.29, 0.717) is 18.0 Å². The summed E-state index contributed by atoms with van der Waals surface area (Å²) in [5.74, 6) is 1.28. The molecule has 0 atom stereocenters. The summed E-state index contributed by atoms with van der Waals surface area (Å²) in [6.07, 6.45) is 4.52. The molecule has 0 unspecified atom stereocenters. The van der Waals surface area contributed by atoms with Crippen LogP contribution >= 0.6 is 0 Å². The first-order valence-electron chi connectivity index (χ1n) is 9.29. The highest BCUT2D eigenvalue weighted by Gasteiger charge is 2.09. The highest BCUT2D eigenvalue weighted by molar-refractivity contribution is 5.86. The third-order valence-electron chi connectivity index (χ3n) is 4.39. The van der Waals surface area contributed by atoms with Crippen molar-refractivity contribution in [2.24, 2.45) is 0 Å². The third kappa shape index (κ3) is 6.08. The van der Waals surface area contributed by atoms with Crippen molar-refractivity contribution in [2.45, 2.75) is 25.7 Å². The Morgan fingerprint density at radius 1 is 0.923 bits per heavy atom. The van der Waals surface area contributed by atoms with Gasteiger partial charge < -0.3 is 14.4 Å². The van der Waals surface area contributed by atoms with Gasteiger partial charge in [-0.2, -0.15) is 0 Å². The van der Waals surface area contributed by atoms with Crippen LogP contribution in [0, 0.1) is 0 Å². The summed E-state index contributed by atoms with van der Waals surface area (Å²) in [7, 11) is 0. The number of carbonyl (C=O) groups excluding carboxylic acids is 1. The highest BCUT2D eigenvalue weighted by Crippen LogP contribution is 2.18. The predicted octanol–water partition coefficient (Wildman–Crippen LogP) is 4.55. The van der Waals surface area contributed by atoms with Gasteiger partial charge in [0.05, 0.1) is 6.61 Å². The zero-order valence-electron chi connectivity index (χ0n) is 15.0. The molecule has 0 spiro atoms. The summed E-state index contributed by atoms with van der Waals surface area (Å²) >= 11 is 0. The first kappa shape index (κ1) is 18.3. The first-order chi connectivity index (χ1) is 12.8. The van der Waals surface area contributed by atoms with Gasteiger partial charge in [-0.25, -0.2) is 4.79 Å². The molecule has 0 aliphatic carbocycles. The number of piperidine rings is 1. The van der Waals surface area contributed by atoms with E-state index >= 15 is 0 Å². The fourth-order valence-electron chi connectivity index (χ4n) is 3.04. The van der Waals surface area contributed by atoms with E-state index in [-0.39, 0.29) is 0 Å². The van der Waals surface area contributed by atoms with E-state index in [9.17, 15) is 4.79 Å². The van der Waals surface area contributed by atoms with Crippen molar-refractivity contribution in [3.05, 3.63) is 54.6 Å². The van der Waals surface area contributed by atoms with Crippen LogP contribution in [-0.4, -0.2) is 37.2 Å². The molecule has 1 N–H and O–H groups in total. The number of anilines is 1. The van der Waals surface area contributed by atoms with Crippen molar-refractivity contribution in [1.29, 1.82) is 0 Å². The van der Waals surface area contributed by atoms with Gasteiger partial charge in [-0.3, -0.25) is 5.32 Å². The van der Waals surface area contributed by atoms with Crippen LogP contribution in [-0.2, 0) is 0 Å². The third-order valence-corrected chi connectivity index (χ3v) is 4.39. The van der Waals surface area contributed by atoms with Gasteiger partial charge in [0.15, 0.2) is 0 Å². The molecule has 1 fully saturated rings. The zero-order chi connectivity index (χ0) is 18.0. The molecule has 0 radical (unpaired) electrons. The van der Waals surface area contributed by atoms with Gasteiger partial charge in [0, 0.05) is 12.2 Å². The van der Waals surface area contributed by atoms with Gasteiger partial charge in [-0.05, 0) is 68.8 Å². The number of benzene rings is 2. The second-order valence-electron chi connectivity index (χ2n) is 6.46. The highest BCUT2D eigenvalue weighted by atomic mass is 16.6. The quantitative estimate of drug-likeness (QED) is 0.741. The SMILES string of the molecule is O=C(Nc1ccccc1)Oc1ccc(OCCCN2CCCCC2)cc1. The van der Waals surface area contributed by atoms with Crippen LogP contribution in [0.5, 0.6) is 11.5 Å². The molecule has 138 valence electrons. The average Bonchev–Trinajstić information content (AvgIpc) is 2.68. The Bertz CT molecular complexity index is 667. The van der Waals surface area contributed by atoms with Crippen molar-refractivity contribution in [3.8, 4) is 11.5 Å². The van der Waals surface area contributed by atoms with E-state index in [2.05, 4.69) is 10.2 Å². The van der Waals surface area contributed by atoms with Crippen molar-refractivity contribution in [1.82, 2.24) is 4.90 Å². The van der Waals surface area contributed by atoms with Gasteiger partial charge in [0.2, 0.25) is 0 Å². The maximum Gasteiger partial charge on any atom is 0.417 e. The fourth-order valence-corrected chi connectivity index (χ4v) is 3.04. The Labute approximate surface area is 154 Å². The summed E-state index contributed by atoms with van der Waals surface area (Å²) in [4.78, 5) is 14.4. The van der Waals surface area contributed by atoms with E-state index in [1.165, 1.54) is 32.4 Å². The van der Waals surface area contributed by atoms with Gasteiger partial charge in [-0.15, -0.1) is 0 Å². The summed E-state index contributed by atoms with van der Waals surface area (Å²) in [6.45, 7) is 4.24. The van der Waals surface area contributed by atoms with Crippen LogP contribution < -0.4 is 14.8 Å². The van der Waals surface area contributed by atoms with Crippen molar-refractivity contribution in [2.75, 3.05) is 31.6 Å². The molecule has 1 aliphatic heterocycles. The number of para-hydroxylation sites is 1. The Balaban J connectivity index is 1.37. The molecule has 0 aromatic heterocycles. The Kier molecular flexibility index (Phi) is 6.90. The fraction of sp³-hybridized carbons (Fsp3) is 0.381. The lowest BCUT2D eigenvalue weighted by Crippen LogP contribution is -2.31. The van der Waals surface area contributed by atoms with E-state index < -0.39 is 6.09 Å². The Morgan fingerprint density at radius 3 is 2.35 bits per heavy atom. The number of hydrogen-bond acceptors (Lipinski definition) is 4. The molecular formula is C21H26N2O3. The lowest BCUT2D eigenvalue weighted by atomic mass is 10.1. The van der Waals surface area contributed by atoms with Crippen LogP contribution in [0.1, 0.15) is 25.7 Å². The van der Waals surface area contributed by atoms with Crippen LogP contribution in [0.15, 0.2) is 54.6 Å². The molecule has 5 heteroatoms. The molecule has 0 bridgehead atoms. The summed E-state index contributed by atoms with van der Waals surface area (Å²) in [5.41, 5.74) is 0.700. The molecule has 3 rings (SSSR count). The largest absolute Gasteiger partial charge is 0.494 e. The topological polar surface area (TPSA) is 50.8 Å². The van der Waals surface area contributed by atoms with Gasteiger partial charge in [0.1, 0.15) is 11.5 Å². The average molecular weight is 354 g/mol. The second kappa shape index (κ2) is 9.82. The number of amides is 1. The van der Waals surface area contributed by atoms with Crippen LogP contribution in [0.4, 0.5) is 10.5 Å². The Morgan fingerprint density at radius 2 is 1.62 bits per heavy atom. The van der Waals surface area contributed by atoms with E-state index in [0.717, 1.165) is 18.7 Å². The van der Waals surface area contributed by atoms with Crippen LogP contribution in [0.2, 0.25) is 0 Å². The predicted molar refractivity (Wildman–Crippen MR) is 103 cm³/mol. The second-order valence-corrected chi connectivity index (χ2v) is 6.46. The van der Waals surface area contributed by atoms with Gasteiger partial charge >= 0.3 is 6.09 Å². The molecule has 1 saturated heterocycles. The normalized spacial score (nSPS) is 14.6. The number of nitrogens with one attached hydrogen (secondary N) is 1. The Hall–Kier alpha value is -2.53. The van der Waals surface area contributed by atoms with E-state index in [1.54, 1.807) is 12.1 Å². The van der Waals surface area contributed by atoms with Crippen molar-refractivity contribution >= 4 is 11.8 Å². The maximum absolute atomic E-state index is 11.9. The number of nitrogens with zero attached hydrogens (tertiary/aromatic N) is 1. The number of likely N-dealkylation sites (tertiary alicyclic amines) is 1. The van der Waals surface area contributed by atoms with Gasteiger partial charge in [0.25, 0.3) is 0 Å². The first-order valence-corrected chi connectivity index (χ1v) is 9.29. The molecule has 0 saturated carbocycles. The van der Waals surface area contributed by atoms with Crippen LogP contribution in [0.25, 0.3) is 0 Å². The minimum Gasteiger partial charge on any atom is -0.494 e. The standard InChI is InChI=1S/C21H26N2O3/c24-21(22-18-8-3-1-4-9-18)26-20-12-10-19(11-13-20)25-17-7-16-23-14-5-2-6-15-23/h1,3-4,8-13H,2,5-7,14-17H2,(H,22,24). The smallest absolute Gasteiger partial charge is 0.417 e. The minimum absolute atomic E-state index is 0.485. The maximum atomic E-state index is 11.9. The van der Waals surface area contributed by atoms with Gasteiger partial charge in [-0.1, -0.05) is 24.6 Å². The number of carbonyl (C=O) groups is 1. The monoisotopic (exact) mass is 354 g/mol. The summed E-state index contributed by atoms with van der Waals surface area (Å²) in [5, 5.41) is 2.68. The molecule has 1 heterocycles.